The molecule has 0 fully saturated rings. The van der Waals surface area contributed by atoms with E-state index >= 15 is 0 Å². The molecule has 0 aliphatic heterocycles. The lowest BCUT2D eigenvalue weighted by atomic mass is 9.79. The average Bonchev–Trinajstić information content (AvgIpc) is 2.52. The number of aliphatic hydroxyl groups is 1. The molecule has 0 amide bonds. The first-order valence-electron chi connectivity index (χ1n) is 5.78. The third-order valence-corrected chi connectivity index (χ3v) is 4.67. The topological polar surface area (TPSA) is 38.1 Å². The first kappa shape index (κ1) is 13.7. The van der Waals surface area contributed by atoms with Gasteiger partial charge in [0.05, 0.1) is 15.9 Å². The van der Waals surface area contributed by atoms with Crippen molar-refractivity contribution in [3.8, 4) is 0 Å². The second-order valence-corrected chi connectivity index (χ2v) is 5.30. The zero-order valence-corrected chi connectivity index (χ0v) is 12.1. The Bertz CT molecular complexity index is 348. The Morgan fingerprint density at radius 1 is 1.38 bits per heavy atom. The summed E-state index contributed by atoms with van der Waals surface area (Å²) in [6.07, 6.45) is 2.84. The van der Waals surface area contributed by atoms with Crippen LogP contribution in [0.3, 0.4) is 0 Å². The minimum absolute atomic E-state index is 0.0112. The van der Waals surface area contributed by atoms with Crippen molar-refractivity contribution in [2.45, 2.75) is 40.0 Å². The molecular weight excluding hydrogens is 268 g/mol. The van der Waals surface area contributed by atoms with E-state index in [0.29, 0.717) is 0 Å². The van der Waals surface area contributed by atoms with E-state index in [1.54, 1.807) is 0 Å². The van der Waals surface area contributed by atoms with Gasteiger partial charge in [-0.15, -0.1) is 0 Å². The molecule has 0 radical (unpaired) electrons. The highest BCUT2D eigenvalue weighted by molar-refractivity contribution is 9.10. The van der Waals surface area contributed by atoms with Gasteiger partial charge in [0.2, 0.25) is 0 Å². The van der Waals surface area contributed by atoms with Gasteiger partial charge in [-0.05, 0) is 47.5 Å². The molecule has 92 valence electrons. The van der Waals surface area contributed by atoms with Crippen molar-refractivity contribution < 1.29 is 5.11 Å². The summed E-state index contributed by atoms with van der Waals surface area (Å²) < 4.78 is 2.99. The van der Waals surface area contributed by atoms with Crippen molar-refractivity contribution in [1.29, 1.82) is 0 Å². The largest absolute Gasteiger partial charge is 0.396 e. The van der Waals surface area contributed by atoms with E-state index < -0.39 is 0 Å². The van der Waals surface area contributed by atoms with Crippen LogP contribution >= 0.6 is 15.9 Å². The second-order valence-electron chi connectivity index (χ2n) is 4.51. The average molecular weight is 289 g/mol. The van der Waals surface area contributed by atoms with E-state index in [0.717, 1.165) is 29.4 Å². The molecule has 1 heterocycles. The maximum atomic E-state index is 9.58. The van der Waals surface area contributed by atoms with Crippen molar-refractivity contribution in [3.05, 3.63) is 15.9 Å². The number of halogens is 1. The molecule has 0 bridgehead atoms. The molecule has 4 heteroatoms. The maximum Gasteiger partial charge on any atom is 0.0738 e. The van der Waals surface area contributed by atoms with Gasteiger partial charge in [-0.3, -0.25) is 4.68 Å². The van der Waals surface area contributed by atoms with Gasteiger partial charge in [0.1, 0.15) is 0 Å². The predicted molar refractivity (Wildman–Crippen MR) is 69.4 cm³/mol. The fourth-order valence-corrected chi connectivity index (χ4v) is 2.48. The molecule has 3 nitrogen and oxygen atoms in total. The van der Waals surface area contributed by atoms with Crippen molar-refractivity contribution in [2.24, 2.45) is 12.5 Å². The molecule has 1 aromatic rings. The minimum atomic E-state index is -0.0112. The monoisotopic (exact) mass is 288 g/mol. The summed E-state index contributed by atoms with van der Waals surface area (Å²) in [5, 5.41) is 14.0. The van der Waals surface area contributed by atoms with Crippen LogP contribution in [0.1, 0.15) is 38.1 Å². The Hall–Kier alpha value is -0.350. The maximum absolute atomic E-state index is 9.58. The molecule has 1 rings (SSSR count). The van der Waals surface area contributed by atoms with Gasteiger partial charge in [0, 0.05) is 13.7 Å². The van der Waals surface area contributed by atoms with Crippen LogP contribution in [0.15, 0.2) is 4.47 Å². The zero-order valence-electron chi connectivity index (χ0n) is 10.5. The molecule has 0 aliphatic rings. The van der Waals surface area contributed by atoms with Gasteiger partial charge in [-0.1, -0.05) is 13.8 Å². The number of aryl methyl sites for hydroxylation is 2. The summed E-state index contributed by atoms with van der Waals surface area (Å²) in [6.45, 7) is 6.50. The van der Waals surface area contributed by atoms with E-state index in [-0.39, 0.29) is 12.0 Å². The van der Waals surface area contributed by atoms with Gasteiger partial charge in [0.15, 0.2) is 0 Å². The van der Waals surface area contributed by atoms with Crippen molar-refractivity contribution in [2.75, 3.05) is 6.61 Å². The fraction of sp³-hybridized carbons (Fsp3) is 0.750. The summed E-state index contributed by atoms with van der Waals surface area (Å²) in [5.74, 6) is 0. The van der Waals surface area contributed by atoms with Crippen LogP contribution < -0.4 is 0 Å². The fourth-order valence-electron chi connectivity index (χ4n) is 2.01. The first-order chi connectivity index (χ1) is 7.49. The molecule has 0 atom stereocenters. The summed E-state index contributed by atoms with van der Waals surface area (Å²) in [7, 11) is 1.96. The third-order valence-electron chi connectivity index (χ3n) is 3.64. The molecule has 1 aromatic heterocycles. The van der Waals surface area contributed by atoms with Crippen LogP contribution in [-0.2, 0) is 13.5 Å². The Morgan fingerprint density at radius 2 is 1.94 bits per heavy atom. The Morgan fingerprint density at radius 3 is 2.25 bits per heavy atom. The summed E-state index contributed by atoms with van der Waals surface area (Å²) in [4.78, 5) is 0. The molecule has 0 spiro atoms. The highest BCUT2D eigenvalue weighted by Crippen LogP contribution is 2.33. The molecule has 16 heavy (non-hydrogen) atoms. The van der Waals surface area contributed by atoms with Gasteiger partial charge in [-0.2, -0.15) is 5.10 Å². The molecule has 0 unspecified atom stereocenters. The van der Waals surface area contributed by atoms with Crippen molar-refractivity contribution in [3.63, 3.8) is 0 Å². The first-order valence-corrected chi connectivity index (χ1v) is 6.57. The van der Waals surface area contributed by atoms with Gasteiger partial charge >= 0.3 is 0 Å². The molecule has 0 aliphatic carbocycles. The quantitative estimate of drug-likeness (QED) is 0.905. The van der Waals surface area contributed by atoms with Crippen molar-refractivity contribution >= 4 is 15.9 Å². The number of nitrogens with zero attached hydrogens (tertiary/aromatic N) is 2. The Kier molecular flexibility index (Phi) is 4.56. The molecule has 0 saturated carbocycles. The van der Waals surface area contributed by atoms with Crippen LogP contribution in [-0.4, -0.2) is 21.5 Å². The van der Waals surface area contributed by atoms with Crippen LogP contribution in [0.2, 0.25) is 0 Å². The predicted octanol–water partition coefficient (Wildman–Crippen LogP) is 2.83. The van der Waals surface area contributed by atoms with E-state index in [4.69, 9.17) is 0 Å². The second kappa shape index (κ2) is 5.32. The van der Waals surface area contributed by atoms with Gasteiger partial charge in [0.25, 0.3) is 0 Å². The third kappa shape index (κ3) is 2.48. The van der Waals surface area contributed by atoms with E-state index in [1.165, 1.54) is 5.69 Å². The number of aromatic nitrogens is 2. The number of aliphatic hydroxyl groups excluding tert-OH is 1. The summed E-state index contributed by atoms with van der Waals surface area (Å²) in [6, 6.07) is 0. The van der Waals surface area contributed by atoms with Crippen LogP contribution in [0.25, 0.3) is 0 Å². The SMILES string of the molecule is CCC(CC)(CO)Cc1c(Br)c(C)nn1C. The Balaban J connectivity index is 3.02. The smallest absolute Gasteiger partial charge is 0.0738 e. The molecule has 0 saturated heterocycles. The number of rotatable bonds is 5. The highest BCUT2D eigenvalue weighted by Gasteiger charge is 2.28. The lowest BCUT2D eigenvalue weighted by molar-refractivity contribution is 0.113. The lowest BCUT2D eigenvalue weighted by Gasteiger charge is -2.29. The van der Waals surface area contributed by atoms with Crippen LogP contribution in [0.4, 0.5) is 0 Å². The molecular formula is C12H21BrN2O. The Labute approximate surface area is 106 Å². The van der Waals surface area contributed by atoms with Gasteiger partial charge < -0.3 is 5.11 Å². The normalized spacial score (nSPS) is 12.1. The summed E-state index contributed by atoms with van der Waals surface area (Å²) >= 11 is 3.58. The number of hydrogen-bond acceptors (Lipinski definition) is 2. The minimum Gasteiger partial charge on any atom is -0.396 e. The summed E-state index contributed by atoms with van der Waals surface area (Å²) in [5.41, 5.74) is 2.18. The van der Waals surface area contributed by atoms with Gasteiger partial charge in [-0.25, -0.2) is 0 Å². The van der Waals surface area contributed by atoms with E-state index in [9.17, 15) is 5.11 Å². The molecule has 1 N–H and O–H groups in total. The zero-order chi connectivity index (χ0) is 12.3. The van der Waals surface area contributed by atoms with E-state index in [1.807, 2.05) is 18.7 Å². The molecule has 0 aromatic carbocycles. The standard InChI is InChI=1S/C12H21BrN2O/c1-5-12(6-2,8-16)7-10-11(13)9(3)14-15(10)4/h16H,5-8H2,1-4H3. The lowest BCUT2D eigenvalue weighted by Crippen LogP contribution is -2.27. The van der Waals surface area contributed by atoms with E-state index in [2.05, 4.69) is 34.9 Å². The van der Waals surface area contributed by atoms with Crippen LogP contribution in [0.5, 0.6) is 0 Å². The highest BCUT2D eigenvalue weighted by atomic mass is 79.9. The number of hydrogen-bond donors (Lipinski definition) is 1. The van der Waals surface area contributed by atoms with Crippen molar-refractivity contribution in [1.82, 2.24) is 9.78 Å². The van der Waals surface area contributed by atoms with Crippen LogP contribution in [0, 0.1) is 12.3 Å².